The van der Waals surface area contributed by atoms with E-state index in [1.54, 1.807) is 0 Å². The molecule has 0 aromatic heterocycles. The summed E-state index contributed by atoms with van der Waals surface area (Å²) in [5.41, 5.74) is 5.87. The Morgan fingerprint density at radius 1 is 1.44 bits per heavy atom. The van der Waals surface area contributed by atoms with E-state index in [2.05, 4.69) is 12.2 Å². The van der Waals surface area contributed by atoms with Crippen molar-refractivity contribution >= 4 is 0 Å². The Bertz CT molecular complexity index is 112. The average molecular weight is 126 g/mol. The molecule has 2 heteroatoms. The maximum absolute atomic E-state index is 5.87. The second-order valence-corrected chi connectivity index (χ2v) is 3.45. The molecule has 52 valence electrons. The van der Waals surface area contributed by atoms with Gasteiger partial charge in [-0.25, -0.2) is 0 Å². The standard InChI is InChI=1S/C7H14N2/c1-4-6-2-5(9-4)3-7(6)8/h4-7,9H,2-3,8H2,1H3/t4?,5-,6-,7-/m1/s1. The highest BCUT2D eigenvalue weighted by Gasteiger charge is 2.41. The lowest BCUT2D eigenvalue weighted by molar-refractivity contribution is 0.358. The van der Waals surface area contributed by atoms with E-state index in [4.69, 9.17) is 5.73 Å². The largest absolute Gasteiger partial charge is 0.327 e. The highest BCUT2D eigenvalue weighted by atomic mass is 15.0. The van der Waals surface area contributed by atoms with E-state index in [0.29, 0.717) is 12.1 Å². The third-order valence-electron chi connectivity index (χ3n) is 2.80. The van der Waals surface area contributed by atoms with Crippen molar-refractivity contribution in [1.82, 2.24) is 5.32 Å². The average Bonchev–Trinajstić information content (AvgIpc) is 2.22. The fourth-order valence-electron chi connectivity index (χ4n) is 2.31. The third-order valence-corrected chi connectivity index (χ3v) is 2.80. The van der Waals surface area contributed by atoms with Crippen molar-refractivity contribution in [3.05, 3.63) is 0 Å². The van der Waals surface area contributed by atoms with Crippen LogP contribution in [0.1, 0.15) is 19.8 Å². The van der Waals surface area contributed by atoms with Gasteiger partial charge in [-0.1, -0.05) is 0 Å². The van der Waals surface area contributed by atoms with Crippen molar-refractivity contribution in [2.75, 3.05) is 0 Å². The number of piperidine rings is 1. The van der Waals surface area contributed by atoms with Crippen LogP contribution in [0, 0.1) is 5.92 Å². The Balaban J connectivity index is 2.13. The SMILES string of the molecule is CC1N[C@H]2C[C@@H](N)[C@@H]1C2. The summed E-state index contributed by atoms with van der Waals surface area (Å²) in [6, 6.07) is 1.92. The van der Waals surface area contributed by atoms with Crippen LogP contribution in [-0.2, 0) is 0 Å². The van der Waals surface area contributed by atoms with E-state index >= 15 is 0 Å². The zero-order valence-corrected chi connectivity index (χ0v) is 5.80. The van der Waals surface area contributed by atoms with Crippen LogP contribution in [0.15, 0.2) is 0 Å². The molecule has 0 amide bonds. The summed E-state index contributed by atoms with van der Waals surface area (Å²) in [7, 11) is 0. The van der Waals surface area contributed by atoms with Crippen LogP contribution in [0.2, 0.25) is 0 Å². The molecule has 2 fully saturated rings. The van der Waals surface area contributed by atoms with Gasteiger partial charge in [0, 0.05) is 18.1 Å². The molecule has 0 aromatic rings. The fourth-order valence-corrected chi connectivity index (χ4v) is 2.31. The fraction of sp³-hybridized carbons (Fsp3) is 1.00. The van der Waals surface area contributed by atoms with Crippen molar-refractivity contribution in [3.63, 3.8) is 0 Å². The zero-order chi connectivity index (χ0) is 6.43. The summed E-state index contributed by atoms with van der Waals surface area (Å²) in [5, 5.41) is 3.50. The first-order chi connectivity index (χ1) is 4.27. The van der Waals surface area contributed by atoms with E-state index in [-0.39, 0.29) is 0 Å². The lowest BCUT2D eigenvalue weighted by Gasteiger charge is -2.24. The predicted molar refractivity (Wildman–Crippen MR) is 37.1 cm³/mol. The first kappa shape index (κ1) is 5.69. The first-order valence-electron chi connectivity index (χ1n) is 3.79. The minimum absolute atomic E-state index is 0.492. The van der Waals surface area contributed by atoms with E-state index in [1.807, 2.05) is 0 Å². The molecule has 0 spiro atoms. The summed E-state index contributed by atoms with van der Waals surface area (Å²) in [6.45, 7) is 2.24. The van der Waals surface area contributed by atoms with Gasteiger partial charge in [-0.05, 0) is 25.7 Å². The highest BCUT2D eigenvalue weighted by molar-refractivity contribution is 5.01. The van der Waals surface area contributed by atoms with Gasteiger partial charge in [0.05, 0.1) is 0 Å². The van der Waals surface area contributed by atoms with Crippen LogP contribution in [0.5, 0.6) is 0 Å². The van der Waals surface area contributed by atoms with Crippen LogP contribution in [-0.4, -0.2) is 18.1 Å². The topological polar surface area (TPSA) is 38.0 Å². The molecule has 1 saturated heterocycles. The number of rotatable bonds is 0. The molecular formula is C7H14N2. The molecule has 9 heavy (non-hydrogen) atoms. The lowest BCUT2D eigenvalue weighted by Crippen LogP contribution is -2.43. The Morgan fingerprint density at radius 3 is 2.56 bits per heavy atom. The second kappa shape index (κ2) is 1.70. The second-order valence-electron chi connectivity index (χ2n) is 3.45. The van der Waals surface area contributed by atoms with Crippen molar-refractivity contribution in [3.8, 4) is 0 Å². The maximum atomic E-state index is 5.87. The predicted octanol–water partition coefficient (Wildman–Crippen LogP) is 0.0840. The van der Waals surface area contributed by atoms with Crippen molar-refractivity contribution in [2.24, 2.45) is 11.7 Å². The van der Waals surface area contributed by atoms with Gasteiger partial charge < -0.3 is 11.1 Å². The number of fused-ring (bicyclic) bond motifs is 2. The van der Waals surface area contributed by atoms with Crippen LogP contribution in [0.4, 0.5) is 0 Å². The minimum Gasteiger partial charge on any atom is -0.327 e. The summed E-state index contributed by atoms with van der Waals surface area (Å²) in [5.74, 6) is 0.773. The van der Waals surface area contributed by atoms with Crippen LogP contribution >= 0.6 is 0 Å². The molecule has 2 bridgehead atoms. The molecule has 4 atom stereocenters. The molecule has 0 radical (unpaired) electrons. The van der Waals surface area contributed by atoms with Gasteiger partial charge in [-0.3, -0.25) is 0 Å². The lowest BCUT2D eigenvalue weighted by atomic mass is 9.97. The molecule has 1 aliphatic heterocycles. The summed E-state index contributed by atoms with van der Waals surface area (Å²) < 4.78 is 0. The molecule has 2 aliphatic rings. The van der Waals surface area contributed by atoms with Crippen molar-refractivity contribution < 1.29 is 0 Å². The third kappa shape index (κ3) is 0.700. The molecule has 1 heterocycles. The first-order valence-corrected chi connectivity index (χ1v) is 3.79. The maximum Gasteiger partial charge on any atom is 0.00973 e. The number of hydrogen-bond donors (Lipinski definition) is 2. The molecular weight excluding hydrogens is 112 g/mol. The Morgan fingerprint density at radius 2 is 2.22 bits per heavy atom. The molecule has 2 rings (SSSR count). The molecule has 0 aromatic carbocycles. The zero-order valence-electron chi connectivity index (χ0n) is 5.80. The molecule has 3 N–H and O–H groups in total. The van der Waals surface area contributed by atoms with Gasteiger partial charge in [0.25, 0.3) is 0 Å². The summed E-state index contributed by atoms with van der Waals surface area (Å²) in [6.07, 6.45) is 2.53. The summed E-state index contributed by atoms with van der Waals surface area (Å²) >= 11 is 0. The quantitative estimate of drug-likeness (QED) is 0.482. The normalized spacial score (nSPS) is 56.7. The number of hydrogen-bond acceptors (Lipinski definition) is 2. The van der Waals surface area contributed by atoms with Crippen molar-refractivity contribution in [1.29, 1.82) is 0 Å². The van der Waals surface area contributed by atoms with E-state index < -0.39 is 0 Å². The molecule has 1 aliphatic carbocycles. The molecule has 1 unspecified atom stereocenters. The van der Waals surface area contributed by atoms with Gasteiger partial charge >= 0.3 is 0 Å². The minimum atomic E-state index is 0.492. The Kier molecular flexibility index (Phi) is 1.08. The van der Waals surface area contributed by atoms with E-state index in [9.17, 15) is 0 Å². The van der Waals surface area contributed by atoms with Crippen LogP contribution in [0.3, 0.4) is 0 Å². The van der Waals surface area contributed by atoms with Gasteiger partial charge in [0.1, 0.15) is 0 Å². The molecule has 2 nitrogen and oxygen atoms in total. The number of nitrogens with two attached hydrogens (primary N) is 1. The summed E-state index contributed by atoms with van der Waals surface area (Å²) in [4.78, 5) is 0. The van der Waals surface area contributed by atoms with E-state index in [1.165, 1.54) is 12.8 Å². The smallest absolute Gasteiger partial charge is 0.00973 e. The van der Waals surface area contributed by atoms with Crippen molar-refractivity contribution in [2.45, 2.75) is 37.9 Å². The Hall–Kier alpha value is -0.0800. The van der Waals surface area contributed by atoms with Crippen LogP contribution in [0.25, 0.3) is 0 Å². The van der Waals surface area contributed by atoms with Gasteiger partial charge in [0.15, 0.2) is 0 Å². The molecule has 1 saturated carbocycles. The van der Waals surface area contributed by atoms with Gasteiger partial charge in [-0.15, -0.1) is 0 Å². The van der Waals surface area contributed by atoms with Gasteiger partial charge in [-0.2, -0.15) is 0 Å². The Labute approximate surface area is 55.8 Å². The van der Waals surface area contributed by atoms with Gasteiger partial charge in [0.2, 0.25) is 0 Å². The highest BCUT2D eigenvalue weighted by Crippen LogP contribution is 2.33. The number of nitrogens with one attached hydrogen (secondary N) is 1. The van der Waals surface area contributed by atoms with Crippen LogP contribution < -0.4 is 11.1 Å². The van der Waals surface area contributed by atoms with E-state index in [0.717, 1.165) is 12.0 Å². The monoisotopic (exact) mass is 126 g/mol.